The molecule has 106 valence electrons. The third kappa shape index (κ3) is 5.30. The van der Waals surface area contributed by atoms with Gasteiger partial charge < -0.3 is 10.7 Å². The minimum atomic E-state index is -0.0726. The zero-order valence-electron chi connectivity index (χ0n) is 11.9. The normalized spacial score (nSPS) is 11.9. The number of para-hydroxylation sites is 1. The summed E-state index contributed by atoms with van der Waals surface area (Å²) < 4.78 is 0. The molecule has 1 unspecified atom stereocenters. The molecule has 0 saturated heterocycles. The van der Waals surface area contributed by atoms with Crippen molar-refractivity contribution in [3.05, 3.63) is 29.8 Å². The van der Waals surface area contributed by atoms with E-state index in [1.807, 2.05) is 19.1 Å². The van der Waals surface area contributed by atoms with Crippen molar-refractivity contribution in [1.82, 2.24) is 5.32 Å². The van der Waals surface area contributed by atoms with Gasteiger partial charge in [-0.3, -0.25) is 10.6 Å². The van der Waals surface area contributed by atoms with Gasteiger partial charge >= 0.3 is 0 Å². The van der Waals surface area contributed by atoms with E-state index in [9.17, 15) is 4.79 Å². The zero-order chi connectivity index (χ0) is 14.1. The number of rotatable bonds is 8. The predicted molar refractivity (Wildman–Crippen MR) is 79.9 cm³/mol. The number of nitrogens with two attached hydrogens (primary N) is 1. The molecule has 0 aromatic heterocycles. The minimum Gasteiger partial charge on any atom is -0.350 e. The third-order valence-electron chi connectivity index (χ3n) is 3.20. The van der Waals surface area contributed by atoms with Gasteiger partial charge in [0.25, 0.3) is 5.91 Å². The molecule has 0 radical (unpaired) electrons. The second-order valence-corrected chi connectivity index (χ2v) is 4.91. The molecule has 4 N–H and O–H groups in total. The van der Waals surface area contributed by atoms with Crippen LogP contribution in [0.3, 0.4) is 0 Å². The standard InChI is InChI=1S/C15H25N3O/c1-3-4-5-6-9-12(2)17-15(19)13-10-7-8-11-14(13)18-16/h7-8,10-12,18H,3-6,9,16H2,1-2H3,(H,17,19). The van der Waals surface area contributed by atoms with Crippen molar-refractivity contribution in [2.24, 2.45) is 5.84 Å². The number of hydrazine groups is 1. The number of hydrogen-bond acceptors (Lipinski definition) is 3. The Kier molecular flexibility index (Phi) is 6.97. The molecule has 4 heteroatoms. The third-order valence-corrected chi connectivity index (χ3v) is 3.20. The molecule has 0 aliphatic heterocycles. The number of benzene rings is 1. The highest BCUT2D eigenvalue weighted by molar-refractivity contribution is 5.99. The summed E-state index contributed by atoms with van der Waals surface area (Å²) in [5.74, 6) is 5.33. The smallest absolute Gasteiger partial charge is 0.253 e. The Morgan fingerprint density at radius 3 is 2.68 bits per heavy atom. The molecule has 19 heavy (non-hydrogen) atoms. The highest BCUT2D eigenvalue weighted by Crippen LogP contribution is 2.14. The van der Waals surface area contributed by atoms with Gasteiger partial charge in [-0.15, -0.1) is 0 Å². The van der Waals surface area contributed by atoms with E-state index in [4.69, 9.17) is 5.84 Å². The Labute approximate surface area is 115 Å². The first kappa shape index (κ1) is 15.5. The Morgan fingerprint density at radius 2 is 2.00 bits per heavy atom. The molecule has 0 heterocycles. The monoisotopic (exact) mass is 263 g/mol. The maximum absolute atomic E-state index is 12.1. The van der Waals surface area contributed by atoms with Crippen LogP contribution < -0.4 is 16.6 Å². The van der Waals surface area contributed by atoms with Crippen LogP contribution in [0.25, 0.3) is 0 Å². The van der Waals surface area contributed by atoms with Crippen molar-refractivity contribution >= 4 is 11.6 Å². The maximum atomic E-state index is 12.1. The number of amides is 1. The largest absolute Gasteiger partial charge is 0.350 e. The average Bonchev–Trinajstić information content (AvgIpc) is 2.43. The van der Waals surface area contributed by atoms with Crippen LogP contribution in [0.1, 0.15) is 56.3 Å². The Morgan fingerprint density at radius 1 is 1.26 bits per heavy atom. The SMILES string of the molecule is CCCCCCC(C)NC(=O)c1ccccc1NN. The van der Waals surface area contributed by atoms with Crippen LogP contribution in [0.15, 0.2) is 24.3 Å². The molecule has 1 aromatic carbocycles. The van der Waals surface area contributed by atoms with Crippen LogP contribution in [-0.4, -0.2) is 11.9 Å². The summed E-state index contributed by atoms with van der Waals surface area (Å²) in [7, 11) is 0. The van der Waals surface area contributed by atoms with Gasteiger partial charge in [0.2, 0.25) is 0 Å². The summed E-state index contributed by atoms with van der Waals surface area (Å²) >= 11 is 0. The lowest BCUT2D eigenvalue weighted by Gasteiger charge is -2.15. The van der Waals surface area contributed by atoms with E-state index in [2.05, 4.69) is 17.7 Å². The number of unbranched alkanes of at least 4 members (excludes halogenated alkanes) is 3. The van der Waals surface area contributed by atoms with Gasteiger partial charge in [-0.2, -0.15) is 0 Å². The van der Waals surface area contributed by atoms with E-state index in [1.54, 1.807) is 12.1 Å². The lowest BCUT2D eigenvalue weighted by atomic mass is 10.1. The van der Waals surface area contributed by atoms with Crippen LogP contribution in [0.4, 0.5) is 5.69 Å². The van der Waals surface area contributed by atoms with Crippen molar-refractivity contribution in [1.29, 1.82) is 0 Å². The molecular formula is C15H25N3O. The number of nitrogens with one attached hydrogen (secondary N) is 2. The molecule has 0 aliphatic carbocycles. The van der Waals surface area contributed by atoms with E-state index in [0.29, 0.717) is 11.3 Å². The van der Waals surface area contributed by atoms with Gasteiger partial charge in [0, 0.05) is 6.04 Å². The highest BCUT2D eigenvalue weighted by Gasteiger charge is 2.12. The van der Waals surface area contributed by atoms with E-state index in [1.165, 1.54) is 19.3 Å². The van der Waals surface area contributed by atoms with Crippen LogP contribution in [-0.2, 0) is 0 Å². The predicted octanol–water partition coefficient (Wildman–Crippen LogP) is 3.06. The number of carbonyl (C=O) groups is 1. The second-order valence-electron chi connectivity index (χ2n) is 4.91. The molecule has 4 nitrogen and oxygen atoms in total. The van der Waals surface area contributed by atoms with Crippen LogP contribution in [0.5, 0.6) is 0 Å². The fourth-order valence-corrected chi connectivity index (χ4v) is 2.06. The van der Waals surface area contributed by atoms with Crippen LogP contribution in [0.2, 0.25) is 0 Å². The molecule has 0 aliphatic rings. The number of anilines is 1. The van der Waals surface area contributed by atoms with Crippen molar-refractivity contribution < 1.29 is 4.79 Å². The average molecular weight is 263 g/mol. The molecule has 0 spiro atoms. The maximum Gasteiger partial charge on any atom is 0.253 e. The van der Waals surface area contributed by atoms with E-state index in [-0.39, 0.29) is 11.9 Å². The molecule has 1 amide bonds. The van der Waals surface area contributed by atoms with Crippen molar-refractivity contribution in [3.63, 3.8) is 0 Å². The summed E-state index contributed by atoms with van der Waals surface area (Å²) in [6.45, 7) is 4.24. The Balaban J connectivity index is 2.45. The quantitative estimate of drug-likeness (QED) is 0.383. The first-order valence-corrected chi connectivity index (χ1v) is 7.05. The fourth-order valence-electron chi connectivity index (χ4n) is 2.06. The second kappa shape index (κ2) is 8.53. The van der Waals surface area contributed by atoms with Gasteiger partial charge in [0.15, 0.2) is 0 Å². The van der Waals surface area contributed by atoms with Crippen molar-refractivity contribution in [2.45, 2.75) is 52.0 Å². The molecular weight excluding hydrogens is 238 g/mol. The zero-order valence-corrected chi connectivity index (χ0v) is 11.9. The lowest BCUT2D eigenvalue weighted by Crippen LogP contribution is -2.33. The van der Waals surface area contributed by atoms with E-state index >= 15 is 0 Å². The highest BCUT2D eigenvalue weighted by atomic mass is 16.1. The summed E-state index contributed by atoms with van der Waals surface area (Å²) in [6.07, 6.45) is 5.91. The first-order chi connectivity index (χ1) is 9.19. The summed E-state index contributed by atoms with van der Waals surface area (Å²) in [6, 6.07) is 7.44. The molecule has 0 fully saturated rings. The van der Waals surface area contributed by atoms with Crippen LogP contribution >= 0.6 is 0 Å². The van der Waals surface area contributed by atoms with Crippen molar-refractivity contribution in [2.75, 3.05) is 5.43 Å². The van der Waals surface area contributed by atoms with Crippen LogP contribution in [0, 0.1) is 0 Å². The topological polar surface area (TPSA) is 67.2 Å². The van der Waals surface area contributed by atoms with Gasteiger partial charge in [-0.1, -0.05) is 44.7 Å². The Hall–Kier alpha value is -1.55. The fraction of sp³-hybridized carbons (Fsp3) is 0.533. The molecule has 1 aromatic rings. The van der Waals surface area contributed by atoms with Gasteiger partial charge in [-0.25, -0.2) is 0 Å². The van der Waals surface area contributed by atoms with Crippen molar-refractivity contribution in [3.8, 4) is 0 Å². The molecule has 0 saturated carbocycles. The van der Waals surface area contributed by atoms with Gasteiger partial charge in [0.1, 0.15) is 0 Å². The first-order valence-electron chi connectivity index (χ1n) is 7.05. The summed E-state index contributed by atoms with van der Waals surface area (Å²) in [5.41, 5.74) is 3.79. The Bertz CT molecular complexity index is 393. The summed E-state index contributed by atoms with van der Waals surface area (Å²) in [4.78, 5) is 12.1. The number of nitrogen functional groups attached to an aromatic ring is 1. The summed E-state index contributed by atoms with van der Waals surface area (Å²) in [5, 5.41) is 3.01. The minimum absolute atomic E-state index is 0.0726. The molecule has 0 bridgehead atoms. The number of hydrogen-bond donors (Lipinski definition) is 3. The number of carbonyl (C=O) groups excluding carboxylic acids is 1. The molecule has 1 rings (SSSR count). The molecule has 1 atom stereocenters. The van der Waals surface area contributed by atoms with E-state index in [0.717, 1.165) is 12.8 Å². The lowest BCUT2D eigenvalue weighted by molar-refractivity contribution is 0.0938. The van der Waals surface area contributed by atoms with Gasteiger partial charge in [-0.05, 0) is 25.5 Å². The van der Waals surface area contributed by atoms with Gasteiger partial charge in [0.05, 0.1) is 11.3 Å². The van der Waals surface area contributed by atoms with E-state index < -0.39 is 0 Å².